The summed E-state index contributed by atoms with van der Waals surface area (Å²) in [5.41, 5.74) is 6.04. The van der Waals surface area contributed by atoms with E-state index in [-0.39, 0.29) is 0 Å². The van der Waals surface area contributed by atoms with E-state index in [9.17, 15) is 0 Å². The van der Waals surface area contributed by atoms with E-state index in [0.717, 1.165) is 18.4 Å². The minimum Gasteiger partial charge on any atom is -0.329 e. The van der Waals surface area contributed by atoms with Crippen LogP contribution in [0.3, 0.4) is 0 Å². The molecule has 106 valence electrons. The van der Waals surface area contributed by atoms with Gasteiger partial charge in [0, 0.05) is 25.7 Å². The van der Waals surface area contributed by atoms with Gasteiger partial charge in [0.1, 0.15) is 0 Å². The number of hydrogen-bond acceptors (Lipinski definition) is 2. The Morgan fingerprint density at radius 2 is 1.61 bits per heavy atom. The van der Waals surface area contributed by atoms with Crippen LogP contribution in [-0.4, -0.2) is 30.6 Å². The molecule has 2 fully saturated rings. The van der Waals surface area contributed by atoms with Crippen LogP contribution in [0.15, 0.2) is 0 Å². The van der Waals surface area contributed by atoms with E-state index >= 15 is 0 Å². The fourth-order valence-electron chi connectivity index (χ4n) is 2.89. The fourth-order valence-corrected chi connectivity index (χ4v) is 2.89. The Bertz CT molecular complexity index is 207. The Hall–Kier alpha value is -0.0800. The van der Waals surface area contributed by atoms with Gasteiger partial charge in [-0.3, -0.25) is 4.90 Å². The van der Waals surface area contributed by atoms with Crippen LogP contribution in [0.25, 0.3) is 0 Å². The second-order valence-corrected chi connectivity index (χ2v) is 6.58. The molecule has 2 saturated carbocycles. The molecule has 0 aliphatic heterocycles. The maximum absolute atomic E-state index is 6.04. The van der Waals surface area contributed by atoms with Crippen molar-refractivity contribution in [1.29, 1.82) is 0 Å². The first-order chi connectivity index (χ1) is 8.83. The third kappa shape index (κ3) is 5.27. The lowest BCUT2D eigenvalue weighted by molar-refractivity contribution is 0.172. The van der Waals surface area contributed by atoms with Gasteiger partial charge in [-0.25, -0.2) is 0 Å². The highest BCUT2D eigenvalue weighted by Crippen LogP contribution is 2.34. The Morgan fingerprint density at radius 3 is 2.06 bits per heavy atom. The second-order valence-electron chi connectivity index (χ2n) is 6.58. The minimum atomic E-state index is 0.669. The van der Waals surface area contributed by atoms with Gasteiger partial charge in [-0.2, -0.15) is 0 Å². The molecule has 0 spiro atoms. The highest BCUT2D eigenvalue weighted by atomic mass is 15.2. The van der Waals surface area contributed by atoms with E-state index in [1.165, 1.54) is 70.9 Å². The fraction of sp³-hybridized carbons (Fsp3) is 1.00. The summed E-state index contributed by atoms with van der Waals surface area (Å²) in [4.78, 5) is 2.75. The monoisotopic (exact) mass is 252 g/mol. The van der Waals surface area contributed by atoms with Gasteiger partial charge in [-0.15, -0.1) is 0 Å². The SMILES string of the molecule is CCCCCCC(CN)N(CC1CC1)CC1CC1. The molecule has 0 aromatic rings. The van der Waals surface area contributed by atoms with Crippen LogP contribution in [0, 0.1) is 11.8 Å². The van der Waals surface area contributed by atoms with Crippen molar-refractivity contribution in [3.8, 4) is 0 Å². The molecule has 0 aromatic heterocycles. The van der Waals surface area contributed by atoms with Crippen molar-refractivity contribution in [1.82, 2.24) is 4.90 Å². The predicted octanol–water partition coefficient (Wildman–Crippen LogP) is 3.41. The first-order valence-corrected chi connectivity index (χ1v) is 8.27. The summed E-state index contributed by atoms with van der Waals surface area (Å²) >= 11 is 0. The molecular formula is C16H32N2. The van der Waals surface area contributed by atoms with Gasteiger partial charge < -0.3 is 5.73 Å². The number of hydrogen-bond donors (Lipinski definition) is 1. The molecule has 2 aliphatic rings. The number of nitrogens with zero attached hydrogens (tertiary/aromatic N) is 1. The molecule has 2 heteroatoms. The predicted molar refractivity (Wildman–Crippen MR) is 78.6 cm³/mol. The average Bonchev–Trinajstić information content (AvgIpc) is 3.24. The van der Waals surface area contributed by atoms with Crippen LogP contribution < -0.4 is 5.73 Å². The summed E-state index contributed by atoms with van der Waals surface area (Å²) in [6.45, 7) is 5.83. The van der Waals surface area contributed by atoms with E-state index in [4.69, 9.17) is 5.73 Å². The van der Waals surface area contributed by atoms with Crippen molar-refractivity contribution in [3.63, 3.8) is 0 Å². The van der Waals surface area contributed by atoms with Crippen LogP contribution in [0.2, 0.25) is 0 Å². The summed E-state index contributed by atoms with van der Waals surface area (Å²) in [7, 11) is 0. The van der Waals surface area contributed by atoms with Crippen molar-refractivity contribution in [2.75, 3.05) is 19.6 Å². The molecule has 1 atom stereocenters. The van der Waals surface area contributed by atoms with E-state index in [2.05, 4.69) is 11.8 Å². The lowest BCUT2D eigenvalue weighted by Gasteiger charge is -2.31. The first kappa shape index (κ1) is 14.3. The average molecular weight is 252 g/mol. The third-order valence-corrected chi connectivity index (χ3v) is 4.56. The van der Waals surface area contributed by atoms with Crippen LogP contribution >= 0.6 is 0 Å². The molecule has 1 unspecified atom stereocenters. The molecule has 0 heterocycles. The quantitative estimate of drug-likeness (QED) is 0.571. The number of nitrogens with two attached hydrogens (primary N) is 1. The summed E-state index contributed by atoms with van der Waals surface area (Å²) in [5.74, 6) is 2.02. The van der Waals surface area contributed by atoms with Gasteiger partial charge in [-0.05, 0) is 43.9 Å². The Labute approximate surface area is 113 Å². The largest absolute Gasteiger partial charge is 0.329 e. The normalized spacial score (nSPS) is 21.5. The summed E-state index contributed by atoms with van der Waals surface area (Å²) in [6, 6.07) is 0.669. The van der Waals surface area contributed by atoms with Gasteiger partial charge in [0.25, 0.3) is 0 Å². The van der Waals surface area contributed by atoms with Crippen molar-refractivity contribution in [3.05, 3.63) is 0 Å². The zero-order valence-corrected chi connectivity index (χ0v) is 12.2. The lowest BCUT2D eigenvalue weighted by atomic mass is 10.0. The first-order valence-electron chi connectivity index (χ1n) is 8.27. The van der Waals surface area contributed by atoms with Gasteiger partial charge >= 0.3 is 0 Å². The van der Waals surface area contributed by atoms with Crippen LogP contribution in [0.1, 0.15) is 64.7 Å². The van der Waals surface area contributed by atoms with Gasteiger partial charge in [0.2, 0.25) is 0 Å². The van der Waals surface area contributed by atoms with Crippen LogP contribution in [-0.2, 0) is 0 Å². The summed E-state index contributed by atoms with van der Waals surface area (Å²) < 4.78 is 0. The van der Waals surface area contributed by atoms with Gasteiger partial charge in [0.15, 0.2) is 0 Å². The topological polar surface area (TPSA) is 29.3 Å². The van der Waals surface area contributed by atoms with E-state index in [1.54, 1.807) is 0 Å². The molecule has 0 radical (unpaired) electrons. The summed E-state index contributed by atoms with van der Waals surface area (Å²) in [6.07, 6.45) is 12.7. The van der Waals surface area contributed by atoms with E-state index in [0.29, 0.717) is 6.04 Å². The van der Waals surface area contributed by atoms with Crippen molar-refractivity contribution in [2.45, 2.75) is 70.8 Å². The third-order valence-electron chi connectivity index (χ3n) is 4.56. The Morgan fingerprint density at radius 1 is 1.00 bits per heavy atom. The number of unbranched alkanes of at least 4 members (excludes halogenated alkanes) is 3. The molecule has 0 amide bonds. The molecule has 2 nitrogen and oxygen atoms in total. The molecule has 0 bridgehead atoms. The standard InChI is InChI=1S/C16H32N2/c1-2-3-4-5-6-16(11-17)18(12-14-7-8-14)13-15-9-10-15/h14-16H,2-13,17H2,1H3. The molecule has 2 N–H and O–H groups in total. The van der Waals surface area contributed by atoms with Crippen molar-refractivity contribution in [2.24, 2.45) is 17.6 Å². The Balaban J connectivity index is 1.71. The van der Waals surface area contributed by atoms with E-state index < -0.39 is 0 Å². The van der Waals surface area contributed by atoms with Crippen molar-refractivity contribution < 1.29 is 0 Å². The molecule has 18 heavy (non-hydrogen) atoms. The molecule has 2 aliphatic carbocycles. The van der Waals surface area contributed by atoms with E-state index in [1.807, 2.05) is 0 Å². The smallest absolute Gasteiger partial charge is 0.0218 e. The molecule has 0 aromatic carbocycles. The molecule has 2 rings (SSSR count). The lowest BCUT2D eigenvalue weighted by Crippen LogP contribution is -2.43. The van der Waals surface area contributed by atoms with Gasteiger partial charge in [-0.1, -0.05) is 32.6 Å². The number of rotatable bonds is 11. The van der Waals surface area contributed by atoms with Crippen LogP contribution in [0.4, 0.5) is 0 Å². The second kappa shape index (κ2) is 7.49. The molecular weight excluding hydrogens is 220 g/mol. The highest BCUT2D eigenvalue weighted by Gasteiger charge is 2.31. The van der Waals surface area contributed by atoms with Gasteiger partial charge in [0.05, 0.1) is 0 Å². The Kier molecular flexibility index (Phi) is 5.97. The zero-order valence-electron chi connectivity index (χ0n) is 12.2. The summed E-state index contributed by atoms with van der Waals surface area (Å²) in [5, 5.41) is 0. The zero-order chi connectivity index (χ0) is 12.8. The van der Waals surface area contributed by atoms with Crippen molar-refractivity contribution >= 4 is 0 Å². The van der Waals surface area contributed by atoms with Crippen LogP contribution in [0.5, 0.6) is 0 Å². The maximum atomic E-state index is 6.04. The maximum Gasteiger partial charge on any atom is 0.0218 e. The molecule has 0 saturated heterocycles. The highest BCUT2D eigenvalue weighted by molar-refractivity contribution is 4.86. The minimum absolute atomic E-state index is 0.669.